The summed E-state index contributed by atoms with van der Waals surface area (Å²) in [5, 5.41) is 0.277. The number of thiazole rings is 1. The van der Waals surface area contributed by atoms with Crippen LogP contribution in [0.4, 0.5) is 5.13 Å². The normalized spacial score (nSPS) is 13.5. The van der Waals surface area contributed by atoms with E-state index in [0.717, 1.165) is 10.5 Å². The van der Waals surface area contributed by atoms with Gasteiger partial charge in [0, 0.05) is 0 Å². The zero-order valence-electron chi connectivity index (χ0n) is 18.3. The van der Waals surface area contributed by atoms with E-state index >= 15 is 0 Å². The van der Waals surface area contributed by atoms with Crippen molar-refractivity contribution in [1.29, 1.82) is 0 Å². The van der Waals surface area contributed by atoms with E-state index < -0.39 is 17.8 Å². The van der Waals surface area contributed by atoms with E-state index in [0.29, 0.717) is 32.7 Å². The summed E-state index contributed by atoms with van der Waals surface area (Å²) >= 11 is 1.18. The fourth-order valence-corrected chi connectivity index (χ4v) is 4.69. The number of ether oxygens (including phenoxy) is 1. The number of amides is 2. The number of fused-ring (bicyclic) bond motifs is 2. The van der Waals surface area contributed by atoms with E-state index in [2.05, 4.69) is 25.8 Å². The number of hydrogen-bond donors (Lipinski definition) is 0. The number of rotatable bonds is 3. The highest BCUT2D eigenvalue weighted by Gasteiger charge is 2.38. The molecule has 0 spiro atoms. The summed E-state index contributed by atoms with van der Waals surface area (Å²) in [7, 11) is 0. The molecule has 0 bridgehead atoms. The first-order valence-corrected chi connectivity index (χ1v) is 11.3. The van der Waals surface area contributed by atoms with Crippen molar-refractivity contribution in [3.05, 3.63) is 89.0 Å². The van der Waals surface area contributed by atoms with Crippen molar-refractivity contribution in [2.75, 3.05) is 4.90 Å². The van der Waals surface area contributed by atoms with Crippen LogP contribution in [0.1, 0.15) is 57.4 Å². The summed E-state index contributed by atoms with van der Waals surface area (Å²) in [5.41, 5.74) is 2.84. The summed E-state index contributed by atoms with van der Waals surface area (Å²) in [4.78, 5) is 43.7. The molecule has 1 aliphatic heterocycles. The van der Waals surface area contributed by atoms with Crippen molar-refractivity contribution >= 4 is 44.5 Å². The Bertz CT molecular complexity index is 1400. The maximum Gasteiger partial charge on any atom is 0.343 e. The second kappa shape index (κ2) is 7.64. The Morgan fingerprint density at radius 3 is 2.15 bits per heavy atom. The van der Waals surface area contributed by atoms with Crippen LogP contribution < -0.4 is 9.64 Å². The second-order valence-corrected chi connectivity index (χ2v) is 9.84. The van der Waals surface area contributed by atoms with Crippen molar-refractivity contribution in [2.24, 2.45) is 0 Å². The number of hydrogen-bond acceptors (Lipinski definition) is 6. The molecule has 1 aliphatic rings. The van der Waals surface area contributed by atoms with Gasteiger partial charge in [0.05, 0.1) is 26.9 Å². The molecule has 2 heterocycles. The molecule has 0 saturated heterocycles. The van der Waals surface area contributed by atoms with E-state index in [1.54, 1.807) is 54.6 Å². The first-order chi connectivity index (χ1) is 15.7. The smallest absolute Gasteiger partial charge is 0.343 e. The lowest BCUT2D eigenvalue weighted by Gasteiger charge is -2.19. The van der Waals surface area contributed by atoms with E-state index in [9.17, 15) is 14.4 Å². The lowest BCUT2D eigenvalue weighted by molar-refractivity contribution is 0.0734. The summed E-state index contributed by atoms with van der Waals surface area (Å²) < 4.78 is 6.21. The number of carbonyl (C=O) groups is 3. The lowest BCUT2D eigenvalue weighted by Crippen LogP contribution is -2.29. The molecular weight excluding hydrogens is 436 g/mol. The highest BCUT2D eigenvalue weighted by atomic mass is 32.1. The minimum Gasteiger partial charge on any atom is -0.423 e. The van der Waals surface area contributed by atoms with Crippen molar-refractivity contribution in [3.63, 3.8) is 0 Å². The van der Waals surface area contributed by atoms with E-state index in [1.807, 2.05) is 12.1 Å². The fourth-order valence-electron chi connectivity index (χ4n) is 3.69. The first-order valence-electron chi connectivity index (χ1n) is 10.4. The molecule has 5 rings (SSSR count). The molecule has 6 nitrogen and oxygen atoms in total. The van der Waals surface area contributed by atoms with Crippen LogP contribution in [-0.2, 0) is 5.41 Å². The number of esters is 1. The minimum absolute atomic E-state index is 0.0108. The summed E-state index contributed by atoms with van der Waals surface area (Å²) in [6, 6.07) is 19.1. The van der Waals surface area contributed by atoms with Crippen molar-refractivity contribution < 1.29 is 19.1 Å². The number of aromatic nitrogens is 1. The Kier molecular flexibility index (Phi) is 4.87. The monoisotopic (exact) mass is 456 g/mol. The van der Waals surface area contributed by atoms with Gasteiger partial charge in [-0.1, -0.05) is 56.4 Å². The van der Waals surface area contributed by atoms with Gasteiger partial charge in [0.25, 0.3) is 11.8 Å². The van der Waals surface area contributed by atoms with Gasteiger partial charge in [0.1, 0.15) is 5.75 Å². The van der Waals surface area contributed by atoms with Crippen LogP contribution in [0.15, 0.2) is 66.7 Å². The molecular formula is C26H20N2O4S. The predicted molar refractivity (Wildman–Crippen MR) is 127 cm³/mol. The van der Waals surface area contributed by atoms with Crippen molar-refractivity contribution in [2.45, 2.75) is 26.2 Å². The van der Waals surface area contributed by atoms with Crippen LogP contribution in [0.25, 0.3) is 10.2 Å². The Morgan fingerprint density at radius 1 is 0.909 bits per heavy atom. The first kappa shape index (κ1) is 21.0. The Balaban J connectivity index is 1.39. The van der Waals surface area contributed by atoms with E-state index in [-0.39, 0.29) is 10.5 Å². The largest absolute Gasteiger partial charge is 0.423 e. The lowest BCUT2D eigenvalue weighted by atomic mass is 9.87. The van der Waals surface area contributed by atoms with Gasteiger partial charge in [-0.3, -0.25) is 9.59 Å². The third-order valence-corrected chi connectivity index (χ3v) is 6.53. The SMILES string of the molecule is CC(C)(C)c1ccc(OC(=O)c2ccc3nc(N4C(=O)c5ccccc5C4=O)sc3c2)cc1. The molecule has 1 aromatic heterocycles. The molecule has 0 N–H and O–H groups in total. The molecule has 164 valence electrons. The van der Waals surface area contributed by atoms with Gasteiger partial charge >= 0.3 is 5.97 Å². The van der Waals surface area contributed by atoms with Gasteiger partial charge in [-0.05, 0) is 53.4 Å². The fraction of sp³-hybridized carbons (Fsp3) is 0.154. The summed E-state index contributed by atoms with van der Waals surface area (Å²) in [6.45, 7) is 6.36. The van der Waals surface area contributed by atoms with E-state index in [4.69, 9.17) is 4.74 Å². The molecule has 0 aliphatic carbocycles. The van der Waals surface area contributed by atoms with Crippen LogP contribution in [0.5, 0.6) is 5.75 Å². The molecule has 3 aromatic carbocycles. The molecule has 2 amide bonds. The van der Waals surface area contributed by atoms with E-state index in [1.165, 1.54) is 11.3 Å². The highest BCUT2D eigenvalue weighted by molar-refractivity contribution is 7.22. The van der Waals surface area contributed by atoms with Crippen molar-refractivity contribution in [3.8, 4) is 5.75 Å². The van der Waals surface area contributed by atoms with Crippen LogP contribution in [0, 0.1) is 0 Å². The minimum atomic E-state index is -0.490. The summed E-state index contributed by atoms with van der Waals surface area (Å²) in [5.74, 6) is -0.818. The van der Waals surface area contributed by atoms with Gasteiger partial charge < -0.3 is 4.74 Å². The van der Waals surface area contributed by atoms with Crippen LogP contribution in [0.2, 0.25) is 0 Å². The van der Waals surface area contributed by atoms with Gasteiger partial charge in [-0.2, -0.15) is 0 Å². The molecule has 0 unspecified atom stereocenters. The van der Waals surface area contributed by atoms with Crippen molar-refractivity contribution in [1.82, 2.24) is 4.98 Å². The van der Waals surface area contributed by atoms with Gasteiger partial charge in [0.2, 0.25) is 5.13 Å². The number of nitrogens with zero attached hydrogens (tertiary/aromatic N) is 2. The number of imide groups is 1. The topological polar surface area (TPSA) is 76.6 Å². The van der Waals surface area contributed by atoms with Gasteiger partial charge in [0.15, 0.2) is 0 Å². The van der Waals surface area contributed by atoms with Crippen LogP contribution in [-0.4, -0.2) is 22.8 Å². The molecule has 0 atom stereocenters. The summed E-state index contributed by atoms with van der Waals surface area (Å²) in [6.07, 6.45) is 0. The number of benzene rings is 3. The van der Waals surface area contributed by atoms with Crippen LogP contribution in [0.3, 0.4) is 0 Å². The number of carbonyl (C=O) groups excluding carboxylic acids is 3. The second-order valence-electron chi connectivity index (χ2n) is 8.83. The van der Waals surface area contributed by atoms with Gasteiger partial charge in [-0.25, -0.2) is 14.7 Å². The third-order valence-electron chi connectivity index (χ3n) is 5.53. The molecule has 0 radical (unpaired) electrons. The number of anilines is 1. The average molecular weight is 457 g/mol. The zero-order valence-corrected chi connectivity index (χ0v) is 19.1. The maximum atomic E-state index is 12.7. The Morgan fingerprint density at radius 2 is 1.55 bits per heavy atom. The molecule has 4 aromatic rings. The average Bonchev–Trinajstić information content (AvgIpc) is 3.31. The standard InChI is InChI=1S/C26H20N2O4S/c1-26(2,3)16-9-11-17(12-10-16)32-24(31)15-8-13-20-21(14-15)33-25(27-20)28-22(29)18-6-4-5-7-19(18)23(28)30/h4-14H,1-3H3. The zero-order chi connectivity index (χ0) is 23.3. The molecule has 7 heteroatoms. The molecule has 0 saturated carbocycles. The predicted octanol–water partition coefficient (Wildman–Crippen LogP) is 5.61. The Hall–Kier alpha value is -3.84. The highest BCUT2D eigenvalue weighted by Crippen LogP contribution is 2.35. The third kappa shape index (κ3) is 3.70. The maximum absolute atomic E-state index is 12.7. The van der Waals surface area contributed by atoms with Gasteiger partial charge in [-0.15, -0.1) is 0 Å². The quantitative estimate of drug-likeness (QED) is 0.227. The van der Waals surface area contributed by atoms with Crippen LogP contribution >= 0.6 is 11.3 Å². The Labute approximate surface area is 194 Å². The molecule has 0 fully saturated rings. The molecule has 33 heavy (non-hydrogen) atoms.